The Morgan fingerprint density at radius 3 is 2.75 bits per heavy atom. The van der Waals surface area contributed by atoms with E-state index in [9.17, 15) is 0 Å². The summed E-state index contributed by atoms with van der Waals surface area (Å²) in [6.45, 7) is 3.17. The van der Waals surface area contributed by atoms with Crippen LogP contribution in [0.3, 0.4) is 0 Å². The summed E-state index contributed by atoms with van der Waals surface area (Å²) in [6.07, 6.45) is 6.82. The molecule has 1 aromatic rings. The number of rotatable bonds is 7. The molecule has 0 saturated heterocycles. The van der Waals surface area contributed by atoms with Gasteiger partial charge in [-0.25, -0.2) is 4.98 Å². The lowest BCUT2D eigenvalue weighted by Crippen LogP contribution is -2.13. The van der Waals surface area contributed by atoms with Gasteiger partial charge >= 0.3 is 0 Å². The monoisotopic (exact) mass is 222 g/mol. The van der Waals surface area contributed by atoms with Gasteiger partial charge in [0.2, 0.25) is 5.95 Å². The lowest BCUT2D eigenvalue weighted by molar-refractivity contribution is 0.683. The fourth-order valence-electron chi connectivity index (χ4n) is 1.44. The normalized spacial score (nSPS) is 10.2. The van der Waals surface area contributed by atoms with Crippen molar-refractivity contribution in [3.8, 4) is 0 Å². The van der Waals surface area contributed by atoms with Crippen molar-refractivity contribution < 1.29 is 0 Å². The predicted molar refractivity (Wildman–Crippen MR) is 69.0 cm³/mol. The average molecular weight is 222 g/mol. The highest BCUT2D eigenvalue weighted by molar-refractivity contribution is 5.40. The number of nitrogens with zero attached hydrogens (tertiary/aromatic N) is 3. The van der Waals surface area contributed by atoms with Crippen molar-refractivity contribution in [2.45, 2.75) is 32.6 Å². The van der Waals surface area contributed by atoms with Crippen molar-refractivity contribution >= 4 is 11.8 Å². The summed E-state index contributed by atoms with van der Waals surface area (Å²) in [6, 6.07) is 1.91. The Kier molecular flexibility index (Phi) is 5.61. The lowest BCUT2D eigenvalue weighted by atomic mass is 10.2. The predicted octanol–water partition coefficient (Wildman–Crippen LogP) is 2.53. The largest absolute Gasteiger partial charge is 0.363 e. The van der Waals surface area contributed by atoms with Gasteiger partial charge in [-0.3, -0.25) is 0 Å². The molecule has 0 aliphatic heterocycles. The van der Waals surface area contributed by atoms with Gasteiger partial charge in [-0.2, -0.15) is 4.98 Å². The molecule has 0 aromatic carbocycles. The molecule has 0 unspecified atom stereocenters. The Morgan fingerprint density at radius 2 is 2.06 bits per heavy atom. The van der Waals surface area contributed by atoms with Gasteiger partial charge in [0.1, 0.15) is 5.82 Å². The maximum absolute atomic E-state index is 4.39. The van der Waals surface area contributed by atoms with Crippen LogP contribution >= 0.6 is 0 Å². The molecular formula is C12H22N4. The molecule has 0 atom stereocenters. The number of unbranched alkanes of at least 4 members (excludes halogenated alkanes) is 3. The van der Waals surface area contributed by atoms with Crippen LogP contribution in [0.5, 0.6) is 0 Å². The van der Waals surface area contributed by atoms with Crippen molar-refractivity contribution in [2.75, 3.05) is 30.9 Å². The first-order chi connectivity index (χ1) is 7.74. The maximum Gasteiger partial charge on any atom is 0.224 e. The molecule has 0 aliphatic rings. The third kappa shape index (κ3) is 4.47. The second-order valence-electron chi connectivity index (χ2n) is 4.12. The fraction of sp³-hybridized carbons (Fsp3) is 0.667. The number of anilines is 2. The van der Waals surface area contributed by atoms with Crippen LogP contribution in [0, 0.1) is 0 Å². The molecule has 1 rings (SSSR count). The van der Waals surface area contributed by atoms with Gasteiger partial charge in [-0.05, 0) is 12.5 Å². The number of hydrogen-bond acceptors (Lipinski definition) is 4. The van der Waals surface area contributed by atoms with Crippen molar-refractivity contribution in [1.82, 2.24) is 9.97 Å². The van der Waals surface area contributed by atoms with E-state index in [1.807, 2.05) is 25.1 Å². The van der Waals surface area contributed by atoms with Crippen LogP contribution in [-0.4, -0.2) is 30.6 Å². The van der Waals surface area contributed by atoms with E-state index in [0.29, 0.717) is 0 Å². The summed E-state index contributed by atoms with van der Waals surface area (Å²) in [4.78, 5) is 10.6. The standard InChI is InChI=1S/C12H22N4/c1-4-5-6-7-9-13-12-14-10-8-11(15-12)16(2)3/h8,10H,4-7,9H2,1-3H3,(H,13,14,15). The summed E-state index contributed by atoms with van der Waals surface area (Å²) in [5.74, 6) is 1.66. The highest BCUT2D eigenvalue weighted by Gasteiger charge is 1.99. The number of aromatic nitrogens is 2. The van der Waals surface area contributed by atoms with Crippen LogP contribution in [0.2, 0.25) is 0 Å². The van der Waals surface area contributed by atoms with E-state index in [4.69, 9.17) is 0 Å². The summed E-state index contributed by atoms with van der Waals surface area (Å²) in [5.41, 5.74) is 0. The van der Waals surface area contributed by atoms with Crippen molar-refractivity contribution in [3.63, 3.8) is 0 Å². The van der Waals surface area contributed by atoms with Crippen molar-refractivity contribution in [1.29, 1.82) is 0 Å². The van der Waals surface area contributed by atoms with Crippen LogP contribution in [-0.2, 0) is 0 Å². The van der Waals surface area contributed by atoms with Crippen LogP contribution in [0.15, 0.2) is 12.3 Å². The highest BCUT2D eigenvalue weighted by Crippen LogP contribution is 2.08. The second kappa shape index (κ2) is 7.04. The third-order valence-electron chi connectivity index (χ3n) is 2.41. The van der Waals surface area contributed by atoms with E-state index in [0.717, 1.165) is 18.3 Å². The summed E-state index contributed by atoms with van der Waals surface area (Å²) in [7, 11) is 3.96. The van der Waals surface area contributed by atoms with Crippen LogP contribution < -0.4 is 10.2 Å². The molecule has 0 spiro atoms. The van der Waals surface area contributed by atoms with Gasteiger partial charge in [0.05, 0.1) is 0 Å². The Hall–Kier alpha value is -1.32. The van der Waals surface area contributed by atoms with E-state index < -0.39 is 0 Å². The van der Waals surface area contributed by atoms with Crippen molar-refractivity contribution in [3.05, 3.63) is 12.3 Å². The zero-order valence-electron chi connectivity index (χ0n) is 10.5. The van der Waals surface area contributed by atoms with Crippen LogP contribution in [0.4, 0.5) is 11.8 Å². The minimum atomic E-state index is 0.725. The molecule has 1 heterocycles. The van der Waals surface area contributed by atoms with E-state index in [1.165, 1.54) is 25.7 Å². The molecule has 1 aromatic heterocycles. The second-order valence-corrected chi connectivity index (χ2v) is 4.12. The van der Waals surface area contributed by atoms with Gasteiger partial charge in [0, 0.05) is 26.8 Å². The maximum atomic E-state index is 4.39. The minimum Gasteiger partial charge on any atom is -0.363 e. The molecule has 0 amide bonds. The van der Waals surface area contributed by atoms with Gasteiger partial charge < -0.3 is 10.2 Å². The van der Waals surface area contributed by atoms with E-state index in [2.05, 4.69) is 22.2 Å². The third-order valence-corrected chi connectivity index (χ3v) is 2.41. The highest BCUT2D eigenvalue weighted by atomic mass is 15.2. The number of hydrogen-bond donors (Lipinski definition) is 1. The summed E-state index contributed by atoms with van der Waals surface area (Å²) in [5, 5.41) is 3.25. The first-order valence-electron chi connectivity index (χ1n) is 5.98. The first-order valence-corrected chi connectivity index (χ1v) is 5.98. The minimum absolute atomic E-state index is 0.725. The zero-order chi connectivity index (χ0) is 11.8. The van der Waals surface area contributed by atoms with Crippen molar-refractivity contribution in [2.24, 2.45) is 0 Å². The Morgan fingerprint density at radius 1 is 1.25 bits per heavy atom. The smallest absolute Gasteiger partial charge is 0.224 e. The topological polar surface area (TPSA) is 41.1 Å². The van der Waals surface area contributed by atoms with Crippen LogP contribution in [0.25, 0.3) is 0 Å². The molecule has 4 nitrogen and oxygen atoms in total. The first kappa shape index (κ1) is 12.7. The van der Waals surface area contributed by atoms with E-state index in [1.54, 1.807) is 6.20 Å². The van der Waals surface area contributed by atoms with Gasteiger partial charge in [-0.1, -0.05) is 26.2 Å². The molecule has 0 aliphatic carbocycles. The summed E-state index contributed by atoms with van der Waals surface area (Å²) < 4.78 is 0. The fourth-order valence-corrected chi connectivity index (χ4v) is 1.44. The molecule has 4 heteroatoms. The zero-order valence-corrected chi connectivity index (χ0v) is 10.5. The number of nitrogens with one attached hydrogen (secondary N) is 1. The molecule has 0 bridgehead atoms. The van der Waals surface area contributed by atoms with Gasteiger partial charge in [0.25, 0.3) is 0 Å². The average Bonchev–Trinajstić information content (AvgIpc) is 2.29. The Bertz CT molecular complexity index is 299. The van der Waals surface area contributed by atoms with Gasteiger partial charge in [0.15, 0.2) is 0 Å². The quantitative estimate of drug-likeness (QED) is 0.720. The molecule has 90 valence electrons. The van der Waals surface area contributed by atoms with E-state index >= 15 is 0 Å². The van der Waals surface area contributed by atoms with Gasteiger partial charge in [-0.15, -0.1) is 0 Å². The summed E-state index contributed by atoms with van der Waals surface area (Å²) >= 11 is 0. The Labute approximate surface area is 98.1 Å². The lowest BCUT2D eigenvalue weighted by Gasteiger charge is -2.12. The molecule has 1 N–H and O–H groups in total. The molecular weight excluding hydrogens is 200 g/mol. The Balaban J connectivity index is 2.33. The molecule has 0 radical (unpaired) electrons. The SMILES string of the molecule is CCCCCCNc1nccc(N(C)C)n1. The van der Waals surface area contributed by atoms with Crippen LogP contribution in [0.1, 0.15) is 32.6 Å². The molecule has 0 saturated carbocycles. The molecule has 0 fully saturated rings. The van der Waals surface area contributed by atoms with E-state index in [-0.39, 0.29) is 0 Å². The molecule has 16 heavy (non-hydrogen) atoms.